The second kappa shape index (κ2) is 9.81. The second-order valence-electron chi connectivity index (χ2n) is 8.82. The zero-order valence-electron chi connectivity index (χ0n) is 19.9. The molecule has 36 heavy (non-hydrogen) atoms. The number of hydrogen-bond donors (Lipinski definition) is 1. The minimum atomic E-state index is -1.35. The van der Waals surface area contributed by atoms with E-state index in [1.165, 1.54) is 12.3 Å². The minimum absolute atomic E-state index is 0.0301. The molecule has 184 valence electrons. The Hall–Kier alpha value is -4.20. The van der Waals surface area contributed by atoms with E-state index in [1.807, 2.05) is 48.2 Å². The Morgan fingerprint density at radius 2 is 1.97 bits per heavy atom. The second-order valence-corrected chi connectivity index (χ2v) is 8.82. The molecule has 0 unspecified atom stereocenters. The number of nitrogens with zero attached hydrogens (tertiary/aromatic N) is 3. The van der Waals surface area contributed by atoms with E-state index in [-0.39, 0.29) is 11.4 Å². The van der Waals surface area contributed by atoms with Gasteiger partial charge in [-0.25, -0.2) is 14.2 Å². The number of aryl methyl sites for hydroxylation is 1. The van der Waals surface area contributed by atoms with Gasteiger partial charge in [-0.05, 0) is 49.1 Å². The van der Waals surface area contributed by atoms with Crippen LogP contribution in [0.1, 0.15) is 35.7 Å². The number of fused-ring (bicyclic) bond motifs is 1. The predicted octanol–water partition coefficient (Wildman–Crippen LogP) is 4.83. The van der Waals surface area contributed by atoms with Crippen molar-refractivity contribution in [3.05, 3.63) is 94.2 Å². The Morgan fingerprint density at radius 1 is 1.17 bits per heavy atom. The lowest BCUT2D eigenvalue weighted by Gasteiger charge is -2.28. The lowest BCUT2D eigenvalue weighted by Crippen LogP contribution is -2.35. The Balaban J connectivity index is 1.63. The van der Waals surface area contributed by atoms with Crippen molar-refractivity contribution in [2.24, 2.45) is 0 Å². The van der Waals surface area contributed by atoms with Gasteiger partial charge in [-0.3, -0.25) is 4.79 Å². The SMILES string of the molecule is CCc1ccccc1-n1cc(C(=O)O)c(=O)c2cc(F)c(N3CCC[C@@H]3COc3ccccn3)cc21. The molecule has 2 aromatic heterocycles. The number of carbonyl (C=O) groups is 1. The first kappa shape index (κ1) is 23.5. The fourth-order valence-electron chi connectivity index (χ4n) is 4.89. The van der Waals surface area contributed by atoms with Crippen LogP contribution in [0, 0.1) is 5.82 Å². The van der Waals surface area contributed by atoms with Crippen LogP contribution in [0.2, 0.25) is 0 Å². The van der Waals surface area contributed by atoms with Crippen LogP contribution in [0.4, 0.5) is 10.1 Å². The molecule has 0 amide bonds. The van der Waals surface area contributed by atoms with Crippen molar-refractivity contribution >= 4 is 22.6 Å². The van der Waals surface area contributed by atoms with Crippen LogP contribution in [0.5, 0.6) is 5.88 Å². The summed E-state index contributed by atoms with van der Waals surface area (Å²) in [5.41, 5.74) is 1.44. The van der Waals surface area contributed by atoms with Crippen molar-refractivity contribution in [2.45, 2.75) is 32.2 Å². The van der Waals surface area contributed by atoms with Crippen molar-refractivity contribution in [1.29, 1.82) is 0 Å². The van der Waals surface area contributed by atoms with Gasteiger partial charge >= 0.3 is 5.97 Å². The molecule has 1 fully saturated rings. The number of para-hydroxylation sites is 1. The predicted molar refractivity (Wildman–Crippen MR) is 136 cm³/mol. The summed E-state index contributed by atoms with van der Waals surface area (Å²) >= 11 is 0. The molecule has 1 atom stereocenters. The van der Waals surface area contributed by atoms with Crippen LogP contribution in [0.25, 0.3) is 16.6 Å². The first-order chi connectivity index (χ1) is 17.5. The fourth-order valence-corrected chi connectivity index (χ4v) is 4.89. The molecule has 1 aliphatic heterocycles. The Morgan fingerprint density at radius 3 is 2.72 bits per heavy atom. The summed E-state index contributed by atoms with van der Waals surface area (Å²) < 4.78 is 23.1. The summed E-state index contributed by atoms with van der Waals surface area (Å²) in [5.74, 6) is -1.41. The Bertz CT molecular complexity index is 1490. The average Bonchev–Trinajstić information content (AvgIpc) is 3.36. The van der Waals surface area contributed by atoms with Crippen molar-refractivity contribution in [2.75, 3.05) is 18.1 Å². The zero-order valence-corrected chi connectivity index (χ0v) is 19.9. The molecule has 7 nitrogen and oxygen atoms in total. The highest BCUT2D eigenvalue weighted by atomic mass is 19.1. The van der Waals surface area contributed by atoms with Gasteiger partial charge in [-0.1, -0.05) is 31.2 Å². The molecule has 0 saturated carbocycles. The number of aromatic nitrogens is 2. The maximum atomic E-state index is 15.5. The summed E-state index contributed by atoms with van der Waals surface area (Å²) in [6, 6.07) is 15.8. The molecule has 2 aromatic carbocycles. The van der Waals surface area contributed by atoms with E-state index in [9.17, 15) is 14.7 Å². The van der Waals surface area contributed by atoms with Gasteiger partial charge in [0.25, 0.3) is 0 Å². The van der Waals surface area contributed by atoms with Gasteiger partial charge < -0.3 is 19.3 Å². The van der Waals surface area contributed by atoms with E-state index in [0.717, 1.165) is 24.1 Å². The molecule has 0 bridgehead atoms. The summed E-state index contributed by atoms with van der Waals surface area (Å²) in [6.45, 7) is 2.99. The highest BCUT2D eigenvalue weighted by molar-refractivity contribution is 5.94. The number of carboxylic acid groups (broad SMARTS) is 1. The van der Waals surface area contributed by atoms with Gasteiger partial charge in [0.1, 0.15) is 18.0 Å². The van der Waals surface area contributed by atoms with E-state index in [1.54, 1.807) is 22.9 Å². The number of rotatable bonds is 7. The largest absolute Gasteiger partial charge is 0.477 e. The smallest absolute Gasteiger partial charge is 0.341 e. The number of hydrogen-bond acceptors (Lipinski definition) is 5. The van der Waals surface area contributed by atoms with Crippen molar-refractivity contribution < 1.29 is 19.0 Å². The molecule has 0 radical (unpaired) electrons. The van der Waals surface area contributed by atoms with E-state index in [2.05, 4.69) is 4.98 Å². The molecular formula is C28H26FN3O4. The number of halogens is 1. The van der Waals surface area contributed by atoms with Gasteiger partial charge in [0, 0.05) is 36.1 Å². The molecule has 1 aliphatic rings. The van der Waals surface area contributed by atoms with Crippen LogP contribution in [-0.2, 0) is 6.42 Å². The van der Waals surface area contributed by atoms with Crippen LogP contribution >= 0.6 is 0 Å². The summed E-state index contributed by atoms with van der Waals surface area (Å²) in [7, 11) is 0. The molecule has 3 heterocycles. The fraction of sp³-hybridized carbons (Fsp3) is 0.250. The number of carboxylic acids is 1. The Kier molecular flexibility index (Phi) is 6.41. The van der Waals surface area contributed by atoms with E-state index in [0.29, 0.717) is 36.7 Å². The maximum absolute atomic E-state index is 15.5. The van der Waals surface area contributed by atoms with E-state index < -0.39 is 22.8 Å². The lowest BCUT2D eigenvalue weighted by atomic mass is 10.1. The quantitative estimate of drug-likeness (QED) is 0.402. The summed E-state index contributed by atoms with van der Waals surface area (Å²) in [6.07, 6.45) is 5.41. The Labute approximate surface area is 207 Å². The third kappa shape index (κ3) is 4.30. The van der Waals surface area contributed by atoms with Crippen molar-refractivity contribution in [3.63, 3.8) is 0 Å². The third-order valence-electron chi connectivity index (χ3n) is 6.68. The molecule has 1 N–H and O–H groups in total. The molecule has 8 heteroatoms. The van der Waals surface area contributed by atoms with Gasteiger partial charge in [-0.15, -0.1) is 0 Å². The lowest BCUT2D eigenvalue weighted by molar-refractivity contribution is 0.0695. The van der Waals surface area contributed by atoms with Gasteiger partial charge in [0.2, 0.25) is 11.3 Å². The number of aromatic carboxylic acids is 1. The highest BCUT2D eigenvalue weighted by Crippen LogP contribution is 2.32. The average molecular weight is 488 g/mol. The van der Waals surface area contributed by atoms with Gasteiger partial charge in [0.15, 0.2) is 0 Å². The zero-order chi connectivity index (χ0) is 25.2. The third-order valence-corrected chi connectivity index (χ3v) is 6.68. The van der Waals surface area contributed by atoms with E-state index in [4.69, 9.17) is 4.74 Å². The monoisotopic (exact) mass is 487 g/mol. The molecule has 0 aliphatic carbocycles. The van der Waals surface area contributed by atoms with Crippen molar-refractivity contribution in [3.8, 4) is 11.6 Å². The first-order valence-electron chi connectivity index (χ1n) is 12.0. The number of anilines is 1. The standard InChI is InChI=1S/C28H26FN3O4/c1-2-18-8-3-4-10-23(18)32-16-21(28(34)35)27(33)20-14-22(29)25(15-24(20)32)31-13-7-9-19(31)17-36-26-11-5-6-12-30-26/h3-6,8,10-12,14-16,19H,2,7,9,13,17H2,1H3,(H,34,35)/t19-/m1/s1. The number of benzene rings is 2. The normalized spacial score (nSPS) is 15.4. The van der Waals surface area contributed by atoms with Gasteiger partial charge in [0.05, 0.1) is 17.2 Å². The van der Waals surface area contributed by atoms with Crippen LogP contribution in [0.3, 0.4) is 0 Å². The number of pyridine rings is 2. The molecule has 0 spiro atoms. The molecular weight excluding hydrogens is 461 g/mol. The summed E-state index contributed by atoms with van der Waals surface area (Å²) in [5, 5.41) is 9.70. The van der Waals surface area contributed by atoms with Gasteiger partial charge in [-0.2, -0.15) is 0 Å². The molecule has 5 rings (SSSR count). The molecule has 1 saturated heterocycles. The van der Waals surface area contributed by atoms with Crippen LogP contribution in [0.15, 0.2) is 71.8 Å². The van der Waals surface area contributed by atoms with Crippen LogP contribution in [-0.4, -0.2) is 39.8 Å². The highest BCUT2D eigenvalue weighted by Gasteiger charge is 2.29. The van der Waals surface area contributed by atoms with Crippen LogP contribution < -0.4 is 15.1 Å². The summed E-state index contributed by atoms with van der Waals surface area (Å²) in [4.78, 5) is 31.0. The van der Waals surface area contributed by atoms with Crippen molar-refractivity contribution in [1.82, 2.24) is 9.55 Å². The maximum Gasteiger partial charge on any atom is 0.341 e. The minimum Gasteiger partial charge on any atom is -0.477 e. The first-order valence-corrected chi connectivity index (χ1v) is 12.0. The van der Waals surface area contributed by atoms with E-state index >= 15 is 4.39 Å². The topological polar surface area (TPSA) is 84.7 Å². The number of ether oxygens (including phenoxy) is 1. The molecule has 4 aromatic rings.